The van der Waals surface area contributed by atoms with Crippen LogP contribution in [-0.2, 0) is 9.59 Å². The first-order valence-electron chi connectivity index (χ1n) is 4.39. The molecule has 0 bridgehead atoms. The zero-order valence-electron chi connectivity index (χ0n) is 7.75. The monoisotopic (exact) mass is 182 g/mol. The molecule has 72 valence electrons. The molecular formula is C9H14N2O2. The summed E-state index contributed by atoms with van der Waals surface area (Å²) in [5.74, 6) is -0.205. The molecule has 4 nitrogen and oxygen atoms in total. The molecule has 1 fully saturated rings. The van der Waals surface area contributed by atoms with Crippen LogP contribution in [0.2, 0.25) is 0 Å². The number of hydrogen-bond acceptors (Lipinski definition) is 3. The predicted octanol–water partition coefficient (Wildman–Crippen LogP) is -0.0906. The maximum absolute atomic E-state index is 11.5. The first-order chi connectivity index (χ1) is 6.20. The first-order valence-corrected chi connectivity index (χ1v) is 4.39. The van der Waals surface area contributed by atoms with E-state index in [9.17, 15) is 9.59 Å². The van der Waals surface area contributed by atoms with Crippen molar-refractivity contribution in [1.82, 2.24) is 10.2 Å². The molecule has 1 heterocycles. The summed E-state index contributed by atoms with van der Waals surface area (Å²) in [5, 5.41) is 2.95. The van der Waals surface area contributed by atoms with Crippen LogP contribution < -0.4 is 5.32 Å². The Morgan fingerprint density at radius 2 is 2.38 bits per heavy atom. The van der Waals surface area contributed by atoms with Crippen molar-refractivity contribution < 1.29 is 9.59 Å². The average molecular weight is 182 g/mol. The van der Waals surface area contributed by atoms with Gasteiger partial charge in [-0.2, -0.15) is 0 Å². The number of rotatable bonds is 4. The Morgan fingerprint density at radius 3 is 2.85 bits per heavy atom. The van der Waals surface area contributed by atoms with E-state index < -0.39 is 0 Å². The molecule has 1 saturated heterocycles. The van der Waals surface area contributed by atoms with Crippen molar-refractivity contribution in [3.8, 4) is 0 Å². The van der Waals surface area contributed by atoms with Crippen LogP contribution in [-0.4, -0.2) is 35.8 Å². The fraction of sp³-hybridized carbons (Fsp3) is 0.556. The first kappa shape index (κ1) is 9.92. The highest BCUT2D eigenvalue weighted by Gasteiger charge is 2.36. The fourth-order valence-corrected chi connectivity index (χ4v) is 1.40. The van der Waals surface area contributed by atoms with E-state index >= 15 is 0 Å². The van der Waals surface area contributed by atoms with E-state index in [0.29, 0.717) is 13.1 Å². The summed E-state index contributed by atoms with van der Waals surface area (Å²) in [6, 6.07) is -0.342. The lowest BCUT2D eigenvalue weighted by Crippen LogP contribution is -2.38. The van der Waals surface area contributed by atoms with Gasteiger partial charge in [0.15, 0.2) is 0 Å². The summed E-state index contributed by atoms with van der Waals surface area (Å²) in [6.07, 6.45) is 1.95. The van der Waals surface area contributed by atoms with Gasteiger partial charge >= 0.3 is 0 Å². The molecule has 0 radical (unpaired) electrons. The molecule has 1 atom stereocenters. The van der Waals surface area contributed by atoms with Crippen molar-refractivity contribution in [1.29, 1.82) is 0 Å². The molecule has 0 aliphatic carbocycles. The standard InChI is InChI=1S/C9H14N2O2/c1-3-5-10-7-6-8(12)11(4-2)9(7)13/h3,7,10H,1,4-6H2,2H3. The normalized spacial score (nSPS) is 22.5. The van der Waals surface area contributed by atoms with Gasteiger partial charge in [0.2, 0.25) is 11.8 Å². The molecule has 1 aliphatic heterocycles. The summed E-state index contributed by atoms with van der Waals surface area (Å²) in [5.41, 5.74) is 0. The predicted molar refractivity (Wildman–Crippen MR) is 49.0 cm³/mol. The Bertz CT molecular complexity index is 238. The molecule has 2 amide bonds. The Balaban J connectivity index is 2.56. The van der Waals surface area contributed by atoms with Crippen LogP contribution in [0.5, 0.6) is 0 Å². The van der Waals surface area contributed by atoms with Gasteiger partial charge in [-0.25, -0.2) is 0 Å². The molecule has 0 aromatic heterocycles. The SMILES string of the molecule is C=CCNC1CC(=O)N(CC)C1=O. The average Bonchev–Trinajstić information content (AvgIpc) is 2.38. The van der Waals surface area contributed by atoms with Gasteiger partial charge in [0.05, 0.1) is 12.5 Å². The summed E-state index contributed by atoms with van der Waals surface area (Å²) in [7, 11) is 0. The molecule has 0 saturated carbocycles. The van der Waals surface area contributed by atoms with Crippen LogP contribution >= 0.6 is 0 Å². The number of hydrogen-bond donors (Lipinski definition) is 1. The van der Waals surface area contributed by atoms with Crippen LogP contribution in [0.4, 0.5) is 0 Å². The number of likely N-dealkylation sites (N-methyl/N-ethyl adjacent to an activating group) is 1. The van der Waals surface area contributed by atoms with Crippen LogP contribution in [0.3, 0.4) is 0 Å². The number of carbonyl (C=O) groups is 2. The topological polar surface area (TPSA) is 49.4 Å². The molecule has 1 N–H and O–H groups in total. The molecule has 13 heavy (non-hydrogen) atoms. The molecule has 1 unspecified atom stereocenters. The van der Waals surface area contributed by atoms with E-state index in [-0.39, 0.29) is 24.3 Å². The van der Waals surface area contributed by atoms with E-state index in [4.69, 9.17) is 0 Å². The van der Waals surface area contributed by atoms with Crippen LogP contribution in [0, 0.1) is 0 Å². The van der Waals surface area contributed by atoms with Crippen LogP contribution in [0.25, 0.3) is 0 Å². The largest absolute Gasteiger partial charge is 0.302 e. The van der Waals surface area contributed by atoms with Crippen molar-refractivity contribution in [2.75, 3.05) is 13.1 Å². The highest BCUT2D eigenvalue weighted by atomic mass is 16.2. The highest BCUT2D eigenvalue weighted by molar-refractivity contribution is 6.05. The molecule has 4 heteroatoms. The second kappa shape index (κ2) is 4.18. The van der Waals surface area contributed by atoms with Gasteiger partial charge in [0, 0.05) is 13.1 Å². The van der Waals surface area contributed by atoms with Crippen molar-refractivity contribution in [3.05, 3.63) is 12.7 Å². The summed E-state index contributed by atoms with van der Waals surface area (Å²) in [6.45, 7) is 6.35. The summed E-state index contributed by atoms with van der Waals surface area (Å²) < 4.78 is 0. The second-order valence-corrected chi connectivity index (χ2v) is 2.93. The van der Waals surface area contributed by atoms with Gasteiger partial charge in [-0.3, -0.25) is 14.5 Å². The second-order valence-electron chi connectivity index (χ2n) is 2.93. The van der Waals surface area contributed by atoms with Gasteiger partial charge < -0.3 is 5.32 Å². The number of amides is 2. The Hall–Kier alpha value is -1.16. The quantitative estimate of drug-likeness (QED) is 0.488. The van der Waals surface area contributed by atoms with Crippen molar-refractivity contribution >= 4 is 11.8 Å². The van der Waals surface area contributed by atoms with Gasteiger partial charge in [-0.05, 0) is 6.92 Å². The van der Waals surface area contributed by atoms with E-state index in [2.05, 4.69) is 11.9 Å². The minimum atomic E-state index is -0.342. The van der Waals surface area contributed by atoms with Gasteiger partial charge in [-0.1, -0.05) is 6.08 Å². The number of nitrogens with zero attached hydrogens (tertiary/aromatic N) is 1. The van der Waals surface area contributed by atoms with E-state index in [1.807, 2.05) is 0 Å². The lowest BCUT2D eigenvalue weighted by atomic mass is 10.2. The third-order valence-electron chi connectivity index (χ3n) is 2.07. The Kier molecular flexibility index (Phi) is 3.19. The minimum absolute atomic E-state index is 0.0888. The molecular weight excluding hydrogens is 168 g/mol. The molecule has 0 aromatic rings. The third kappa shape index (κ3) is 1.95. The lowest BCUT2D eigenvalue weighted by Gasteiger charge is -2.11. The minimum Gasteiger partial charge on any atom is -0.302 e. The maximum Gasteiger partial charge on any atom is 0.246 e. The van der Waals surface area contributed by atoms with Crippen LogP contribution in [0.1, 0.15) is 13.3 Å². The van der Waals surface area contributed by atoms with E-state index in [1.54, 1.807) is 13.0 Å². The fourth-order valence-electron chi connectivity index (χ4n) is 1.40. The van der Waals surface area contributed by atoms with Crippen molar-refractivity contribution in [3.63, 3.8) is 0 Å². The highest BCUT2D eigenvalue weighted by Crippen LogP contribution is 2.11. The van der Waals surface area contributed by atoms with Crippen LogP contribution in [0.15, 0.2) is 12.7 Å². The Labute approximate surface area is 77.6 Å². The maximum atomic E-state index is 11.5. The molecule has 0 spiro atoms. The van der Waals surface area contributed by atoms with Gasteiger partial charge in [-0.15, -0.1) is 6.58 Å². The van der Waals surface area contributed by atoms with E-state index in [0.717, 1.165) is 0 Å². The number of nitrogens with one attached hydrogen (secondary N) is 1. The van der Waals surface area contributed by atoms with Gasteiger partial charge in [0.1, 0.15) is 0 Å². The zero-order valence-corrected chi connectivity index (χ0v) is 7.75. The third-order valence-corrected chi connectivity index (χ3v) is 2.07. The van der Waals surface area contributed by atoms with Gasteiger partial charge in [0.25, 0.3) is 0 Å². The smallest absolute Gasteiger partial charge is 0.246 e. The summed E-state index contributed by atoms with van der Waals surface area (Å²) in [4.78, 5) is 24.0. The van der Waals surface area contributed by atoms with Crippen molar-refractivity contribution in [2.45, 2.75) is 19.4 Å². The molecule has 0 aromatic carbocycles. The number of imide groups is 1. The zero-order chi connectivity index (χ0) is 9.84. The Morgan fingerprint density at radius 1 is 1.69 bits per heavy atom. The lowest BCUT2D eigenvalue weighted by molar-refractivity contribution is -0.138. The van der Waals surface area contributed by atoms with Crippen molar-refractivity contribution in [2.24, 2.45) is 0 Å². The summed E-state index contributed by atoms with van der Waals surface area (Å²) >= 11 is 0. The number of likely N-dealkylation sites (tertiary alicyclic amines) is 1. The number of carbonyl (C=O) groups excluding carboxylic acids is 2. The van der Waals surface area contributed by atoms with E-state index in [1.165, 1.54) is 4.90 Å². The molecule has 1 rings (SSSR count). The molecule has 1 aliphatic rings.